The molecule has 1 aromatic heterocycles. The van der Waals surface area contributed by atoms with Crippen LogP contribution < -0.4 is 19.5 Å². The normalized spacial score (nSPS) is 11.1. The fourth-order valence-electron chi connectivity index (χ4n) is 4.77. The van der Waals surface area contributed by atoms with Gasteiger partial charge in [-0.25, -0.2) is 4.98 Å². The Balaban J connectivity index is 1.35. The van der Waals surface area contributed by atoms with E-state index in [1.165, 1.54) is 11.1 Å². The molecule has 0 aliphatic carbocycles. The molecule has 0 atom stereocenters. The summed E-state index contributed by atoms with van der Waals surface area (Å²) in [4.78, 5) is 17.5. The van der Waals surface area contributed by atoms with Gasteiger partial charge in [-0.2, -0.15) is 0 Å². The molecular formula is C32H39N3O4. The van der Waals surface area contributed by atoms with Crippen LogP contribution >= 0.6 is 0 Å². The van der Waals surface area contributed by atoms with Gasteiger partial charge in [-0.05, 0) is 66.3 Å². The van der Waals surface area contributed by atoms with Crippen LogP contribution in [0.4, 0.5) is 0 Å². The molecule has 0 saturated heterocycles. The van der Waals surface area contributed by atoms with E-state index < -0.39 is 0 Å². The number of hydrogen-bond acceptors (Lipinski definition) is 5. The molecule has 3 aromatic carbocycles. The lowest BCUT2D eigenvalue weighted by molar-refractivity contribution is -0.120. The fraction of sp³-hybridized carbons (Fsp3) is 0.375. The van der Waals surface area contributed by atoms with Gasteiger partial charge in [0, 0.05) is 19.5 Å². The minimum atomic E-state index is -0.0441. The second kappa shape index (κ2) is 13.2. The van der Waals surface area contributed by atoms with Crippen LogP contribution in [0.25, 0.3) is 11.0 Å². The van der Waals surface area contributed by atoms with Gasteiger partial charge in [0.15, 0.2) is 11.5 Å². The SMILES string of the molecule is COc1ccc(CC(=O)NCCc2nc3ccccc3n2CCCOc2cc(C)ccc2C(C)C)cc1OC. The molecule has 0 saturated carbocycles. The zero-order valence-electron chi connectivity index (χ0n) is 23.6. The molecule has 0 aliphatic heterocycles. The summed E-state index contributed by atoms with van der Waals surface area (Å²) < 4.78 is 19.1. The molecule has 0 fully saturated rings. The second-order valence-corrected chi connectivity index (χ2v) is 10.0. The minimum Gasteiger partial charge on any atom is -0.493 e. The number of nitrogens with zero attached hydrogens (tertiary/aromatic N) is 2. The van der Waals surface area contributed by atoms with Crippen LogP contribution in [0.5, 0.6) is 17.2 Å². The van der Waals surface area contributed by atoms with Crippen LogP contribution in [-0.4, -0.2) is 42.8 Å². The first-order chi connectivity index (χ1) is 18.9. The number of carbonyl (C=O) groups excluding carboxylic acids is 1. The van der Waals surface area contributed by atoms with Gasteiger partial charge in [-0.1, -0.05) is 44.2 Å². The Kier molecular flexibility index (Phi) is 9.47. The van der Waals surface area contributed by atoms with Gasteiger partial charge in [0.1, 0.15) is 11.6 Å². The monoisotopic (exact) mass is 529 g/mol. The highest BCUT2D eigenvalue weighted by Crippen LogP contribution is 2.28. The predicted molar refractivity (Wildman–Crippen MR) is 155 cm³/mol. The van der Waals surface area contributed by atoms with E-state index in [2.05, 4.69) is 54.9 Å². The Hall–Kier alpha value is -4.00. The molecule has 4 rings (SSSR count). The highest BCUT2D eigenvalue weighted by Gasteiger charge is 2.13. The lowest BCUT2D eigenvalue weighted by Crippen LogP contribution is -2.28. The van der Waals surface area contributed by atoms with Crippen LogP contribution in [-0.2, 0) is 24.2 Å². The van der Waals surface area contributed by atoms with E-state index in [0.717, 1.165) is 41.1 Å². The number of carbonyl (C=O) groups is 1. The summed E-state index contributed by atoms with van der Waals surface area (Å²) >= 11 is 0. The summed E-state index contributed by atoms with van der Waals surface area (Å²) in [7, 11) is 3.18. The molecule has 1 heterocycles. The van der Waals surface area contributed by atoms with Crippen molar-refractivity contribution >= 4 is 16.9 Å². The summed E-state index contributed by atoms with van der Waals surface area (Å²) in [5, 5.41) is 3.04. The molecule has 4 aromatic rings. The van der Waals surface area contributed by atoms with Crippen LogP contribution in [0, 0.1) is 6.92 Å². The molecule has 0 bridgehead atoms. The van der Waals surface area contributed by atoms with Crippen molar-refractivity contribution in [2.24, 2.45) is 0 Å². The van der Waals surface area contributed by atoms with Gasteiger partial charge < -0.3 is 24.1 Å². The number of methoxy groups -OCH3 is 2. The summed E-state index contributed by atoms with van der Waals surface area (Å²) in [5.41, 5.74) is 5.36. The number of aromatic nitrogens is 2. The Morgan fingerprint density at radius 3 is 2.54 bits per heavy atom. The number of para-hydroxylation sites is 2. The fourth-order valence-corrected chi connectivity index (χ4v) is 4.77. The lowest BCUT2D eigenvalue weighted by atomic mass is 10.0. The molecule has 1 amide bonds. The van der Waals surface area contributed by atoms with Crippen molar-refractivity contribution in [2.45, 2.75) is 52.5 Å². The smallest absolute Gasteiger partial charge is 0.224 e. The van der Waals surface area contributed by atoms with Crippen LogP contribution in [0.3, 0.4) is 0 Å². The minimum absolute atomic E-state index is 0.0441. The van der Waals surface area contributed by atoms with Crippen molar-refractivity contribution in [3.8, 4) is 17.2 Å². The van der Waals surface area contributed by atoms with Gasteiger partial charge in [-0.15, -0.1) is 0 Å². The molecule has 7 nitrogen and oxygen atoms in total. The maximum Gasteiger partial charge on any atom is 0.224 e. The van der Waals surface area contributed by atoms with E-state index >= 15 is 0 Å². The Morgan fingerprint density at radius 2 is 1.77 bits per heavy atom. The van der Waals surface area contributed by atoms with Crippen LogP contribution in [0.2, 0.25) is 0 Å². The molecular weight excluding hydrogens is 490 g/mol. The molecule has 0 spiro atoms. The number of nitrogens with one attached hydrogen (secondary N) is 1. The highest BCUT2D eigenvalue weighted by molar-refractivity contribution is 5.79. The molecule has 39 heavy (non-hydrogen) atoms. The standard InChI is InChI=1S/C32H39N3O4/c1-22(2)25-13-11-23(3)19-29(25)39-18-8-17-35-27-10-7-6-9-26(27)34-31(35)15-16-33-32(36)21-24-12-14-28(37-4)30(20-24)38-5/h6-7,9-14,19-20,22H,8,15-18,21H2,1-5H3,(H,33,36). The number of ether oxygens (including phenoxy) is 3. The zero-order chi connectivity index (χ0) is 27.8. The van der Waals surface area contributed by atoms with Crippen molar-refractivity contribution in [1.29, 1.82) is 0 Å². The zero-order valence-corrected chi connectivity index (χ0v) is 23.6. The summed E-state index contributed by atoms with van der Waals surface area (Å²) in [6, 6.07) is 20.1. The number of hydrogen-bond donors (Lipinski definition) is 1. The first kappa shape index (κ1) is 28.0. The van der Waals surface area contributed by atoms with Crippen molar-refractivity contribution in [1.82, 2.24) is 14.9 Å². The number of benzene rings is 3. The first-order valence-electron chi connectivity index (χ1n) is 13.5. The number of fused-ring (bicyclic) bond motifs is 1. The largest absolute Gasteiger partial charge is 0.493 e. The third-order valence-corrected chi connectivity index (χ3v) is 6.79. The third kappa shape index (κ3) is 7.11. The van der Waals surface area contributed by atoms with E-state index in [0.29, 0.717) is 37.0 Å². The highest BCUT2D eigenvalue weighted by atomic mass is 16.5. The van der Waals surface area contributed by atoms with Crippen molar-refractivity contribution in [3.63, 3.8) is 0 Å². The Morgan fingerprint density at radius 1 is 0.974 bits per heavy atom. The molecule has 0 unspecified atom stereocenters. The van der Waals surface area contributed by atoms with Crippen LogP contribution in [0.1, 0.15) is 48.7 Å². The van der Waals surface area contributed by atoms with Crippen molar-refractivity contribution in [2.75, 3.05) is 27.4 Å². The molecule has 0 aliphatic rings. The van der Waals surface area contributed by atoms with E-state index in [-0.39, 0.29) is 12.3 Å². The van der Waals surface area contributed by atoms with E-state index in [9.17, 15) is 4.79 Å². The maximum absolute atomic E-state index is 12.6. The van der Waals surface area contributed by atoms with E-state index in [1.807, 2.05) is 36.4 Å². The Labute approximate surface area is 231 Å². The summed E-state index contributed by atoms with van der Waals surface area (Å²) in [6.07, 6.45) is 1.76. The summed E-state index contributed by atoms with van der Waals surface area (Å²) in [5.74, 6) is 3.55. The van der Waals surface area contributed by atoms with Crippen molar-refractivity contribution in [3.05, 3.63) is 83.2 Å². The molecule has 0 radical (unpaired) electrons. The quantitative estimate of drug-likeness (QED) is 0.220. The average Bonchev–Trinajstić information content (AvgIpc) is 3.28. The van der Waals surface area contributed by atoms with E-state index in [1.54, 1.807) is 14.2 Å². The molecule has 7 heteroatoms. The van der Waals surface area contributed by atoms with Gasteiger partial charge in [0.05, 0.1) is 38.3 Å². The number of imidazole rings is 1. The number of amides is 1. The van der Waals surface area contributed by atoms with Gasteiger partial charge in [-0.3, -0.25) is 4.79 Å². The number of aryl methyl sites for hydroxylation is 2. The average molecular weight is 530 g/mol. The number of rotatable bonds is 13. The second-order valence-electron chi connectivity index (χ2n) is 10.0. The third-order valence-electron chi connectivity index (χ3n) is 6.79. The summed E-state index contributed by atoms with van der Waals surface area (Å²) in [6.45, 7) is 8.39. The maximum atomic E-state index is 12.6. The van der Waals surface area contributed by atoms with Gasteiger partial charge >= 0.3 is 0 Å². The van der Waals surface area contributed by atoms with Crippen molar-refractivity contribution < 1.29 is 19.0 Å². The topological polar surface area (TPSA) is 74.6 Å². The molecule has 1 N–H and O–H groups in total. The van der Waals surface area contributed by atoms with Crippen LogP contribution in [0.15, 0.2) is 60.7 Å². The molecule has 206 valence electrons. The lowest BCUT2D eigenvalue weighted by Gasteiger charge is -2.15. The van der Waals surface area contributed by atoms with E-state index in [4.69, 9.17) is 19.2 Å². The Bertz CT molecular complexity index is 1410. The van der Waals surface area contributed by atoms with Gasteiger partial charge in [0.2, 0.25) is 5.91 Å². The first-order valence-corrected chi connectivity index (χ1v) is 13.5. The van der Waals surface area contributed by atoms with Gasteiger partial charge in [0.25, 0.3) is 0 Å². The predicted octanol–water partition coefficient (Wildman–Crippen LogP) is 5.86.